The zero-order valence-electron chi connectivity index (χ0n) is 15.8. The van der Waals surface area contributed by atoms with Crippen LogP contribution in [0.2, 0.25) is 0 Å². The SMILES string of the molecule is CN=C(NCc1ccc(OCC(F)(F)F)cc1)NCC1COc2ccccc2O1. The zero-order valence-corrected chi connectivity index (χ0v) is 15.8. The third kappa shape index (κ3) is 6.48. The average molecular weight is 409 g/mol. The van der Waals surface area contributed by atoms with Crippen molar-refractivity contribution in [3.05, 3.63) is 54.1 Å². The molecule has 156 valence electrons. The van der Waals surface area contributed by atoms with Crippen LogP contribution in [0.25, 0.3) is 0 Å². The van der Waals surface area contributed by atoms with Gasteiger partial charge in [0.15, 0.2) is 24.1 Å². The molecular weight excluding hydrogens is 387 g/mol. The lowest BCUT2D eigenvalue weighted by Gasteiger charge is -2.27. The number of rotatable bonds is 6. The number of guanidine groups is 1. The van der Waals surface area contributed by atoms with Crippen molar-refractivity contribution < 1.29 is 27.4 Å². The van der Waals surface area contributed by atoms with Gasteiger partial charge in [0, 0.05) is 13.6 Å². The lowest BCUT2D eigenvalue weighted by atomic mass is 10.2. The number of aliphatic imine (C=N–C) groups is 1. The van der Waals surface area contributed by atoms with Gasteiger partial charge < -0.3 is 24.8 Å². The van der Waals surface area contributed by atoms with Crippen LogP contribution in [-0.4, -0.2) is 45.0 Å². The van der Waals surface area contributed by atoms with Crippen molar-refractivity contribution in [3.63, 3.8) is 0 Å². The monoisotopic (exact) mass is 409 g/mol. The van der Waals surface area contributed by atoms with Gasteiger partial charge >= 0.3 is 6.18 Å². The number of para-hydroxylation sites is 2. The molecule has 1 aliphatic heterocycles. The van der Waals surface area contributed by atoms with Gasteiger partial charge in [-0.05, 0) is 29.8 Å². The molecule has 1 unspecified atom stereocenters. The van der Waals surface area contributed by atoms with E-state index in [4.69, 9.17) is 14.2 Å². The van der Waals surface area contributed by atoms with Crippen molar-refractivity contribution in [2.75, 3.05) is 26.8 Å². The van der Waals surface area contributed by atoms with Gasteiger partial charge in [0.2, 0.25) is 0 Å². The molecule has 6 nitrogen and oxygen atoms in total. The molecule has 0 bridgehead atoms. The Bertz CT molecular complexity index is 826. The van der Waals surface area contributed by atoms with Crippen LogP contribution in [0.3, 0.4) is 0 Å². The summed E-state index contributed by atoms with van der Waals surface area (Å²) in [5.74, 6) is 2.18. The molecule has 1 heterocycles. The van der Waals surface area contributed by atoms with E-state index in [1.165, 1.54) is 12.1 Å². The number of halogens is 3. The summed E-state index contributed by atoms with van der Waals surface area (Å²) in [5.41, 5.74) is 0.874. The number of hydrogen-bond acceptors (Lipinski definition) is 4. The van der Waals surface area contributed by atoms with Gasteiger partial charge in [-0.2, -0.15) is 13.2 Å². The summed E-state index contributed by atoms with van der Waals surface area (Å²) in [7, 11) is 1.65. The number of benzene rings is 2. The predicted octanol–water partition coefficient (Wildman–Crippen LogP) is 3.13. The van der Waals surface area contributed by atoms with E-state index in [-0.39, 0.29) is 11.9 Å². The maximum Gasteiger partial charge on any atom is 0.422 e. The highest BCUT2D eigenvalue weighted by Crippen LogP contribution is 2.30. The number of nitrogens with one attached hydrogen (secondary N) is 2. The normalized spacial score (nSPS) is 16.3. The fourth-order valence-electron chi connectivity index (χ4n) is 2.65. The second kappa shape index (κ2) is 9.40. The summed E-state index contributed by atoms with van der Waals surface area (Å²) in [6.07, 6.45) is -4.51. The first-order valence-corrected chi connectivity index (χ1v) is 9.04. The highest BCUT2D eigenvalue weighted by molar-refractivity contribution is 5.79. The predicted molar refractivity (Wildman–Crippen MR) is 103 cm³/mol. The highest BCUT2D eigenvalue weighted by atomic mass is 19.4. The van der Waals surface area contributed by atoms with E-state index in [1.54, 1.807) is 19.2 Å². The Kier molecular flexibility index (Phi) is 6.69. The van der Waals surface area contributed by atoms with Gasteiger partial charge in [0.1, 0.15) is 18.5 Å². The Morgan fingerprint density at radius 3 is 2.52 bits per heavy atom. The maximum atomic E-state index is 12.2. The molecule has 2 N–H and O–H groups in total. The van der Waals surface area contributed by atoms with E-state index in [1.807, 2.05) is 24.3 Å². The highest BCUT2D eigenvalue weighted by Gasteiger charge is 2.28. The molecular formula is C20H22F3N3O3. The van der Waals surface area contributed by atoms with E-state index in [0.29, 0.717) is 31.4 Å². The molecule has 0 spiro atoms. The first kappa shape index (κ1) is 20.6. The molecule has 1 aliphatic rings. The standard InChI is InChI=1S/C20H22F3N3O3/c1-24-19(26-11-16-12-27-17-4-2-3-5-18(17)29-16)25-10-14-6-8-15(9-7-14)28-13-20(21,22)23/h2-9,16H,10-13H2,1H3,(H2,24,25,26). The van der Waals surface area contributed by atoms with E-state index in [2.05, 4.69) is 15.6 Å². The van der Waals surface area contributed by atoms with Crippen LogP contribution in [0, 0.1) is 0 Å². The lowest BCUT2D eigenvalue weighted by Crippen LogP contribution is -2.45. The quantitative estimate of drug-likeness (QED) is 0.567. The minimum Gasteiger partial charge on any atom is -0.486 e. The number of hydrogen-bond donors (Lipinski definition) is 2. The molecule has 29 heavy (non-hydrogen) atoms. The van der Waals surface area contributed by atoms with E-state index >= 15 is 0 Å². The molecule has 0 saturated carbocycles. The van der Waals surface area contributed by atoms with Crippen LogP contribution in [0.4, 0.5) is 13.2 Å². The van der Waals surface area contributed by atoms with Crippen LogP contribution >= 0.6 is 0 Å². The average Bonchev–Trinajstić information content (AvgIpc) is 2.72. The number of fused-ring (bicyclic) bond motifs is 1. The van der Waals surface area contributed by atoms with Crippen molar-refractivity contribution in [1.29, 1.82) is 0 Å². The summed E-state index contributed by atoms with van der Waals surface area (Å²) < 4.78 is 52.8. The van der Waals surface area contributed by atoms with Crippen molar-refractivity contribution in [2.45, 2.75) is 18.8 Å². The van der Waals surface area contributed by atoms with E-state index < -0.39 is 12.8 Å². The van der Waals surface area contributed by atoms with Crippen LogP contribution in [0.1, 0.15) is 5.56 Å². The second-order valence-electron chi connectivity index (χ2n) is 6.35. The Morgan fingerprint density at radius 1 is 1.10 bits per heavy atom. The molecule has 2 aromatic carbocycles. The third-order valence-corrected chi connectivity index (χ3v) is 4.07. The second-order valence-corrected chi connectivity index (χ2v) is 6.35. The molecule has 0 saturated heterocycles. The fourth-order valence-corrected chi connectivity index (χ4v) is 2.65. The number of nitrogens with zero attached hydrogens (tertiary/aromatic N) is 1. The lowest BCUT2D eigenvalue weighted by molar-refractivity contribution is -0.153. The Morgan fingerprint density at radius 2 is 1.83 bits per heavy atom. The van der Waals surface area contributed by atoms with Crippen LogP contribution in [0.15, 0.2) is 53.5 Å². The largest absolute Gasteiger partial charge is 0.486 e. The van der Waals surface area contributed by atoms with Crippen molar-refractivity contribution in [2.24, 2.45) is 4.99 Å². The summed E-state index contributed by atoms with van der Waals surface area (Å²) in [4.78, 5) is 4.15. The topological polar surface area (TPSA) is 64.1 Å². The van der Waals surface area contributed by atoms with Crippen molar-refractivity contribution >= 4 is 5.96 Å². The van der Waals surface area contributed by atoms with Crippen LogP contribution in [0.5, 0.6) is 17.2 Å². The van der Waals surface area contributed by atoms with Gasteiger partial charge in [-0.3, -0.25) is 4.99 Å². The molecule has 2 aromatic rings. The fraction of sp³-hybridized carbons (Fsp3) is 0.350. The maximum absolute atomic E-state index is 12.2. The Balaban J connectivity index is 1.43. The molecule has 0 fully saturated rings. The van der Waals surface area contributed by atoms with Crippen molar-refractivity contribution in [3.8, 4) is 17.2 Å². The molecule has 9 heteroatoms. The van der Waals surface area contributed by atoms with Gasteiger partial charge in [-0.25, -0.2) is 0 Å². The molecule has 0 aliphatic carbocycles. The van der Waals surface area contributed by atoms with Crippen molar-refractivity contribution in [1.82, 2.24) is 10.6 Å². The molecule has 0 amide bonds. The van der Waals surface area contributed by atoms with E-state index in [0.717, 1.165) is 11.3 Å². The minimum atomic E-state index is -4.35. The zero-order chi connectivity index (χ0) is 20.7. The summed E-state index contributed by atoms with van der Waals surface area (Å²) in [6, 6.07) is 13.9. The van der Waals surface area contributed by atoms with Crippen LogP contribution in [-0.2, 0) is 6.54 Å². The first-order chi connectivity index (χ1) is 13.9. The van der Waals surface area contributed by atoms with Crippen LogP contribution < -0.4 is 24.8 Å². The summed E-state index contributed by atoms with van der Waals surface area (Å²) in [5, 5.41) is 6.31. The number of alkyl halides is 3. The Labute approximate surface area is 166 Å². The number of ether oxygens (including phenoxy) is 3. The summed E-state index contributed by atoms with van der Waals surface area (Å²) >= 11 is 0. The molecule has 3 rings (SSSR count). The smallest absolute Gasteiger partial charge is 0.422 e. The minimum absolute atomic E-state index is 0.159. The molecule has 1 atom stereocenters. The van der Waals surface area contributed by atoms with Gasteiger partial charge in [0.05, 0.1) is 6.54 Å². The Hall–Kier alpha value is -3.10. The van der Waals surface area contributed by atoms with E-state index in [9.17, 15) is 13.2 Å². The van der Waals surface area contributed by atoms with Gasteiger partial charge in [-0.1, -0.05) is 24.3 Å². The molecule has 0 aromatic heterocycles. The van der Waals surface area contributed by atoms with Gasteiger partial charge in [-0.15, -0.1) is 0 Å². The molecule has 0 radical (unpaired) electrons. The summed E-state index contributed by atoms with van der Waals surface area (Å²) in [6.45, 7) is 0.0707. The van der Waals surface area contributed by atoms with Gasteiger partial charge in [0.25, 0.3) is 0 Å². The third-order valence-electron chi connectivity index (χ3n) is 4.07. The first-order valence-electron chi connectivity index (χ1n) is 9.04.